The van der Waals surface area contributed by atoms with Crippen molar-refractivity contribution in [1.29, 1.82) is 0 Å². The highest BCUT2D eigenvalue weighted by Gasteiger charge is 2.36. The molecule has 122 valence electrons. The third-order valence-corrected chi connectivity index (χ3v) is 4.43. The van der Waals surface area contributed by atoms with Gasteiger partial charge in [0.05, 0.1) is 10.5 Å². The van der Waals surface area contributed by atoms with Gasteiger partial charge in [0.25, 0.3) is 0 Å². The molecule has 0 bridgehead atoms. The largest absolute Gasteiger partial charge is 0.443 e. The van der Waals surface area contributed by atoms with E-state index in [1.165, 1.54) is 0 Å². The first-order chi connectivity index (χ1) is 10.8. The third kappa shape index (κ3) is 2.88. The quantitative estimate of drug-likeness (QED) is 0.435. The van der Waals surface area contributed by atoms with E-state index in [9.17, 15) is 10.1 Å². The lowest BCUT2D eigenvalue weighted by Crippen LogP contribution is -2.35. The number of rotatable bonds is 1. The summed E-state index contributed by atoms with van der Waals surface area (Å²) in [6.07, 6.45) is -0.417. The van der Waals surface area contributed by atoms with Gasteiger partial charge in [-0.05, 0) is 31.7 Å². The molecule has 3 rings (SSSR count). The highest BCUT2D eigenvalue weighted by molar-refractivity contribution is 9.09. The number of benzene rings is 2. The monoisotopic (exact) mass is 379 g/mol. The van der Waals surface area contributed by atoms with Gasteiger partial charge >= 0.3 is 6.09 Å². The van der Waals surface area contributed by atoms with Crippen LogP contribution in [-0.2, 0) is 4.74 Å². The molecule has 0 radical (unpaired) electrons. The minimum absolute atomic E-state index is 0.0114. The van der Waals surface area contributed by atoms with E-state index in [0.717, 1.165) is 16.3 Å². The van der Waals surface area contributed by atoms with Crippen LogP contribution in [0.15, 0.2) is 30.3 Å². The number of hydrogen-bond acceptors (Lipinski definition) is 4. The lowest BCUT2D eigenvalue weighted by Gasteiger charge is -2.25. The molecule has 0 aliphatic carbocycles. The van der Waals surface area contributed by atoms with Crippen LogP contribution in [0.5, 0.6) is 5.75 Å². The number of carbonyl (C=O) groups is 1. The van der Waals surface area contributed by atoms with Crippen molar-refractivity contribution in [3.63, 3.8) is 0 Å². The van der Waals surface area contributed by atoms with E-state index >= 15 is 0 Å². The Kier molecular flexibility index (Phi) is 3.98. The van der Waals surface area contributed by atoms with E-state index in [-0.39, 0.29) is 4.83 Å². The summed E-state index contributed by atoms with van der Waals surface area (Å²) < 4.78 is 5.48. The zero-order chi connectivity index (χ0) is 16.8. The van der Waals surface area contributed by atoms with Crippen molar-refractivity contribution in [3.05, 3.63) is 35.9 Å². The fraction of sp³-hybridized carbons (Fsp3) is 0.353. The molecule has 1 N–H and O–H groups in total. The molecule has 1 heterocycles. The van der Waals surface area contributed by atoms with Gasteiger partial charge in [-0.2, -0.15) is 0 Å². The Morgan fingerprint density at radius 3 is 2.57 bits per heavy atom. The van der Waals surface area contributed by atoms with Crippen LogP contribution in [0.4, 0.5) is 10.5 Å². The van der Waals surface area contributed by atoms with Crippen LogP contribution < -0.4 is 9.79 Å². The molecule has 1 amide bonds. The molecule has 2 aromatic rings. The number of amides is 1. The van der Waals surface area contributed by atoms with Crippen molar-refractivity contribution in [2.75, 3.05) is 11.4 Å². The van der Waals surface area contributed by atoms with Crippen LogP contribution in [0.1, 0.15) is 31.2 Å². The van der Waals surface area contributed by atoms with Gasteiger partial charge in [0, 0.05) is 18.0 Å². The number of anilines is 1. The van der Waals surface area contributed by atoms with Crippen LogP contribution >= 0.6 is 15.9 Å². The summed E-state index contributed by atoms with van der Waals surface area (Å²) >= 11 is 3.64. The summed E-state index contributed by atoms with van der Waals surface area (Å²) in [5.41, 5.74) is 1.10. The van der Waals surface area contributed by atoms with E-state index in [0.29, 0.717) is 18.0 Å². The van der Waals surface area contributed by atoms with E-state index in [1.54, 1.807) is 11.0 Å². The van der Waals surface area contributed by atoms with Crippen molar-refractivity contribution < 1.29 is 19.7 Å². The molecule has 0 fully saturated rings. The lowest BCUT2D eigenvalue weighted by atomic mass is 10.0. The molecule has 2 aromatic carbocycles. The maximum absolute atomic E-state index is 12.5. The molecule has 0 saturated carbocycles. The molecule has 1 atom stereocenters. The highest BCUT2D eigenvalue weighted by Crippen LogP contribution is 2.47. The Balaban J connectivity index is 2.13. The van der Waals surface area contributed by atoms with Crippen LogP contribution in [0.2, 0.25) is 0 Å². The maximum atomic E-state index is 12.5. The predicted octanol–water partition coefficient (Wildman–Crippen LogP) is 4.88. The number of alkyl halides is 1. The van der Waals surface area contributed by atoms with Gasteiger partial charge in [0.1, 0.15) is 5.60 Å². The van der Waals surface area contributed by atoms with Crippen LogP contribution in [0.3, 0.4) is 0 Å². The van der Waals surface area contributed by atoms with Gasteiger partial charge in [0.15, 0.2) is 5.75 Å². The molecule has 1 aliphatic rings. The number of hydrogen-bond donors (Lipinski definition) is 1. The SMILES string of the molecule is CC(C)(C)OC(=O)N1C[C@@H](Br)c2c1cc(OO)c1ccccc21. The lowest BCUT2D eigenvalue weighted by molar-refractivity contribution is -0.136. The van der Waals surface area contributed by atoms with Crippen LogP contribution in [-0.4, -0.2) is 23.5 Å². The van der Waals surface area contributed by atoms with Gasteiger partial charge < -0.3 is 9.62 Å². The average Bonchev–Trinajstić information content (AvgIpc) is 2.82. The number of halogens is 1. The molecule has 1 aliphatic heterocycles. The fourth-order valence-electron chi connectivity index (χ4n) is 2.82. The van der Waals surface area contributed by atoms with E-state index < -0.39 is 11.7 Å². The normalized spacial score (nSPS) is 17.3. The van der Waals surface area contributed by atoms with E-state index in [1.807, 2.05) is 45.0 Å². The number of nitrogens with zero attached hydrogens (tertiary/aromatic N) is 1. The summed E-state index contributed by atoms with van der Waals surface area (Å²) in [6.45, 7) is 5.95. The molecular formula is C17H18BrNO4. The van der Waals surface area contributed by atoms with Crippen molar-refractivity contribution >= 4 is 38.5 Å². The second-order valence-electron chi connectivity index (χ2n) is 6.50. The Morgan fingerprint density at radius 2 is 1.96 bits per heavy atom. The Hall–Kier alpha value is -1.79. The van der Waals surface area contributed by atoms with Gasteiger partial charge in [0.2, 0.25) is 0 Å². The minimum Gasteiger partial charge on any atom is -0.443 e. The summed E-state index contributed by atoms with van der Waals surface area (Å²) in [5.74, 6) is 0.314. The summed E-state index contributed by atoms with van der Waals surface area (Å²) in [5, 5.41) is 10.9. The minimum atomic E-state index is -0.575. The second kappa shape index (κ2) is 5.69. The molecule has 5 nitrogen and oxygen atoms in total. The van der Waals surface area contributed by atoms with Gasteiger partial charge in [-0.25, -0.2) is 10.1 Å². The Morgan fingerprint density at radius 1 is 1.30 bits per heavy atom. The molecule has 0 saturated heterocycles. The number of carbonyl (C=O) groups excluding carboxylic acids is 1. The highest BCUT2D eigenvalue weighted by atomic mass is 79.9. The van der Waals surface area contributed by atoms with Crippen molar-refractivity contribution in [2.24, 2.45) is 0 Å². The molecule has 23 heavy (non-hydrogen) atoms. The summed E-state index contributed by atoms with van der Waals surface area (Å²) in [6, 6.07) is 9.28. The van der Waals surface area contributed by atoms with Gasteiger partial charge in [-0.15, -0.1) is 0 Å². The van der Waals surface area contributed by atoms with Crippen molar-refractivity contribution in [1.82, 2.24) is 0 Å². The predicted molar refractivity (Wildman–Crippen MR) is 92.5 cm³/mol. The molecular weight excluding hydrogens is 362 g/mol. The topological polar surface area (TPSA) is 59.0 Å². The van der Waals surface area contributed by atoms with Gasteiger partial charge in [-0.1, -0.05) is 40.2 Å². The Bertz CT molecular complexity index is 769. The summed E-state index contributed by atoms with van der Waals surface area (Å²) in [7, 11) is 0. The average molecular weight is 380 g/mol. The first-order valence-corrected chi connectivity index (χ1v) is 8.25. The van der Waals surface area contributed by atoms with E-state index in [4.69, 9.17) is 4.74 Å². The zero-order valence-corrected chi connectivity index (χ0v) is 14.8. The van der Waals surface area contributed by atoms with Crippen molar-refractivity contribution in [2.45, 2.75) is 31.2 Å². The van der Waals surface area contributed by atoms with Crippen LogP contribution in [0, 0.1) is 0 Å². The third-order valence-electron chi connectivity index (χ3n) is 3.69. The van der Waals surface area contributed by atoms with Crippen LogP contribution in [0.25, 0.3) is 10.8 Å². The summed E-state index contributed by atoms with van der Waals surface area (Å²) in [4.78, 5) is 18.6. The smallest absolute Gasteiger partial charge is 0.414 e. The molecule has 0 aromatic heterocycles. The molecule has 6 heteroatoms. The maximum Gasteiger partial charge on any atom is 0.414 e. The van der Waals surface area contributed by atoms with Crippen molar-refractivity contribution in [3.8, 4) is 5.75 Å². The first kappa shape index (κ1) is 16.1. The number of ether oxygens (including phenoxy) is 1. The molecule has 0 unspecified atom stereocenters. The zero-order valence-electron chi connectivity index (χ0n) is 13.2. The Labute approximate surface area is 142 Å². The second-order valence-corrected chi connectivity index (χ2v) is 7.61. The van der Waals surface area contributed by atoms with Gasteiger partial charge in [-0.3, -0.25) is 4.90 Å². The standard InChI is InChI=1S/C17H18BrNO4/c1-17(2,3)22-16(20)19-9-12(18)15-11-7-5-4-6-10(11)14(23-21)8-13(15)19/h4-8,12,21H,9H2,1-3H3/t12-/m1/s1. The fourth-order valence-corrected chi connectivity index (χ4v) is 3.59. The molecule has 0 spiro atoms. The number of fused-ring (bicyclic) bond motifs is 3. The van der Waals surface area contributed by atoms with E-state index in [2.05, 4.69) is 20.8 Å². The first-order valence-electron chi connectivity index (χ1n) is 7.33.